The van der Waals surface area contributed by atoms with Gasteiger partial charge in [-0.25, -0.2) is 0 Å². The van der Waals surface area contributed by atoms with Crippen LogP contribution in [0.25, 0.3) is 0 Å². The van der Waals surface area contributed by atoms with E-state index in [1.807, 2.05) is 0 Å². The van der Waals surface area contributed by atoms with Crippen molar-refractivity contribution in [3.8, 4) is 23.0 Å². The predicted molar refractivity (Wildman–Crippen MR) is 82.5 cm³/mol. The van der Waals surface area contributed by atoms with E-state index in [1.54, 1.807) is 43.5 Å². The van der Waals surface area contributed by atoms with E-state index in [4.69, 9.17) is 18.9 Å². The van der Waals surface area contributed by atoms with E-state index in [0.717, 1.165) is 0 Å². The molecule has 5 heteroatoms. The van der Waals surface area contributed by atoms with Crippen LogP contribution < -0.4 is 18.9 Å². The van der Waals surface area contributed by atoms with Gasteiger partial charge in [-0.05, 0) is 36.4 Å². The number of ether oxygens (including phenoxy) is 4. The Labute approximate surface area is 129 Å². The van der Waals surface area contributed by atoms with Crippen molar-refractivity contribution in [1.29, 1.82) is 0 Å². The van der Waals surface area contributed by atoms with Gasteiger partial charge in [0.15, 0.2) is 17.3 Å². The molecule has 0 aliphatic rings. The minimum absolute atomic E-state index is 0.166. The van der Waals surface area contributed by atoms with Crippen LogP contribution >= 0.6 is 0 Å². The van der Waals surface area contributed by atoms with Crippen LogP contribution in [0.1, 0.15) is 15.9 Å². The van der Waals surface area contributed by atoms with Gasteiger partial charge in [-0.2, -0.15) is 0 Å². The SMILES string of the molecule is COc1ccc(C(=O)c2ccc(OC)c(OC)c2OC)cc1. The van der Waals surface area contributed by atoms with Crippen molar-refractivity contribution < 1.29 is 23.7 Å². The van der Waals surface area contributed by atoms with Crippen LogP contribution in [0.4, 0.5) is 0 Å². The van der Waals surface area contributed by atoms with Crippen molar-refractivity contribution in [1.82, 2.24) is 0 Å². The average molecular weight is 302 g/mol. The summed E-state index contributed by atoms with van der Waals surface area (Å²) in [5.41, 5.74) is 0.941. The molecule has 0 fully saturated rings. The van der Waals surface area contributed by atoms with Gasteiger partial charge in [-0.15, -0.1) is 0 Å². The summed E-state index contributed by atoms with van der Waals surface area (Å²) >= 11 is 0. The van der Waals surface area contributed by atoms with Crippen molar-refractivity contribution in [2.45, 2.75) is 0 Å². The Bertz CT molecular complexity index is 661. The lowest BCUT2D eigenvalue weighted by Gasteiger charge is -2.15. The van der Waals surface area contributed by atoms with Gasteiger partial charge in [0.05, 0.1) is 34.0 Å². The predicted octanol–water partition coefficient (Wildman–Crippen LogP) is 2.95. The fourth-order valence-electron chi connectivity index (χ4n) is 2.18. The molecule has 2 rings (SSSR count). The zero-order valence-corrected chi connectivity index (χ0v) is 13.0. The third-order valence-electron chi connectivity index (χ3n) is 3.30. The van der Waals surface area contributed by atoms with E-state index in [9.17, 15) is 4.79 Å². The van der Waals surface area contributed by atoms with Crippen LogP contribution in [-0.4, -0.2) is 34.2 Å². The summed E-state index contributed by atoms with van der Waals surface area (Å²) in [6.45, 7) is 0. The minimum Gasteiger partial charge on any atom is -0.497 e. The van der Waals surface area contributed by atoms with Crippen LogP contribution in [-0.2, 0) is 0 Å². The molecule has 0 atom stereocenters. The summed E-state index contributed by atoms with van der Waals surface area (Å²) in [6, 6.07) is 10.2. The number of methoxy groups -OCH3 is 4. The Hall–Kier alpha value is -2.69. The second kappa shape index (κ2) is 6.85. The van der Waals surface area contributed by atoms with Crippen LogP contribution in [0.5, 0.6) is 23.0 Å². The molecular weight excluding hydrogens is 284 g/mol. The summed E-state index contributed by atoms with van der Waals surface area (Å²) in [4.78, 5) is 12.7. The molecule has 0 heterocycles. The van der Waals surface area contributed by atoms with Gasteiger partial charge < -0.3 is 18.9 Å². The normalized spacial score (nSPS) is 10.0. The highest BCUT2D eigenvalue weighted by atomic mass is 16.5. The number of ketones is 1. The third-order valence-corrected chi connectivity index (χ3v) is 3.30. The van der Waals surface area contributed by atoms with Crippen molar-refractivity contribution in [3.63, 3.8) is 0 Å². The Kier molecular flexibility index (Phi) is 4.88. The van der Waals surface area contributed by atoms with E-state index in [0.29, 0.717) is 34.1 Å². The topological polar surface area (TPSA) is 54.0 Å². The Morgan fingerprint density at radius 3 is 1.86 bits per heavy atom. The van der Waals surface area contributed by atoms with Crippen LogP contribution in [0.2, 0.25) is 0 Å². The van der Waals surface area contributed by atoms with Crippen molar-refractivity contribution in [2.24, 2.45) is 0 Å². The number of carbonyl (C=O) groups is 1. The van der Waals surface area contributed by atoms with E-state index < -0.39 is 0 Å². The molecule has 5 nitrogen and oxygen atoms in total. The summed E-state index contributed by atoms with van der Waals surface area (Å²) < 4.78 is 21.0. The molecule has 0 aliphatic carbocycles. The molecule has 0 bridgehead atoms. The van der Waals surface area contributed by atoms with Gasteiger partial charge in [0.2, 0.25) is 5.75 Å². The Morgan fingerprint density at radius 2 is 1.36 bits per heavy atom. The lowest BCUT2D eigenvalue weighted by Crippen LogP contribution is -2.06. The number of hydrogen-bond acceptors (Lipinski definition) is 5. The van der Waals surface area contributed by atoms with Gasteiger partial charge in [0.25, 0.3) is 0 Å². The number of hydrogen-bond donors (Lipinski definition) is 0. The standard InChI is InChI=1S/C17H18O5/c1-19-12-7-5-11(6-8-12)15(18)13-9-10-14(20-2)17(22-4)16(13)21-3/h5-10H,1-4H3. The van der Waals surface area contributed by atoms with Gasteiger partial charge in [0, 0.05) is 5.56 Å². The maximum atomic E-state index is 12.7. The van der Waals surface area contributed by atoms with E-state index >= 15 is 0 Å². The zero-order valence-electron chi connectivity index (χ0n) is 13.0. The maximum absolute atomic E-state index is 12.7. The Balaban J connectivity index is 2.48. The first-order valence-electron chi connectivity index (χ1n) is 6.64. The molecule has 2 aromatic rings. The summed E-state index contributed by atoms with van der Waals surface area (Å²) in [6.07, 6.45) is 0. The molecule has 0 unspecified atom stereocenters. The van der Waals surface area contributed by atoms with E-state index in [1.165, 1.54) is 21.3 Å². The summed E-state index contributed by atoms with van der Waals surface area (Å²) in [5, 5.41) is 0. The fraction of sp³-hybridized carbons (Fsp3) is 0.235. The molecule has 0 aromatic heterocycles. The first-order chi connectivity index (χ1) is 10.7. The molecule has 0 spiro atoms. The smallest absolute Gasteiger partial charge is 0.204 e. The van der Waals surface area contributed by atoms with Gasteiger partial charge >= 0.3 is 0 Å². The van der Waals surface area contributed by atoms with Crippen LogP contribution in [0.3, 0.4) is 0 Å². The second-order valence-electron chi connectivity index (χ2n) is 4.44. The molecule has 22 heavy (non-hydrogen) atoms. The van der Waals surface area contributed by atoms with Gasteiger partial charge in [-0.1, -0.05) is 0 Å². The minimum atomic E-state index is -0.166. The molecule has 0 saturated carbocycles. The first kappa shape index (κ1) is 15.7. The molecule has 0 amide bonds. The molecule has 0 aliphatic heterocycles. The molecule has 0 N–H and O–H groups in total. The Morgan fingerprint density at radius 1 is 0.727 bits per heavy atom. The highest BCUT2D eigenvalue weighted by Gasteiger charge is 2.21. The number of benzene rings is 2. The third kappa shape index (κ3) is 2.83. The lowest BCUT2D eigenvalue weighted by atomic mass is 10.0. The van der Waals surface area contributed by atoms with Crippen LogP contribution in [0, 0.1) is 0 Å². The maximum Gasteiger partial charge on any atom is 0.204 e. The zero-order chi connectivity index (χ0) is 16.1. The summed E-state index contributed by atoms with van der Waals surface area (Å²) in [5.74, 6) is 1.77. The number of carbonyl (C=O) groups excluding carboxylic acids is 1. The fourth-order valence-corrected chi connectivity index (χ4v) is 2.18. The van der Waals surface area contributed by atoms with Gasteiger partial charge in [-0.3, -0.25) is 4.79 Å². The quantitative estimate of drug-likeness (QED) is 0.768. The molecule has 0 radical (unpaired) electrons. The largest absolute Gasteiger partial charge is 0.497 e. The number of rotatable bonds is 6. The van der Waals surface area contributed by atoms with Crippen LogP contribution in [0.15, 0.2) is 36.4 Å². The monoisotopic (exact) mass is 302 g/mol. The molecule has 0 saturated heterocycles. The van der Waals surface area contributed by atoms with Crippen molar-refractivity contribution >= 4 is 5.78 Å². The highest BCUT2D eigenvalue weighted by Crippen LogP contribution is 2.40. The summed E-state index contributed by atoms with van der Waals surface area (Å²) in [7, 11) is 6.10. The highest BCUT2D eigenvalue weighted by molar-refractivity contribution is 6.11. The molecule has 2 aromatic carbocycles. The van der Waals surface area contributed by atoms with E-state index in [2.05, 4.69) is 0 Å². The first-order valence-corrected chi connectivity index (χ1v) is 6.64. The average Bonchev–Trinajstić information content (AvgIpc) is 2.59. The molecule has 116 valence electrons. The lowest BCUT2D eigenvalue weighted by molar-refractivity contribution is 0.103. The van der Waals surface area contributed by atoms with Gasteiger partial charge in [0.1, 0.15) is 5.75 Å². The molecular formula is C17H18O5. The van der Waals surface area contributed by atoms with E-state index in [-0.39, 0.29) is 5.78 Å². The van der Waals surface area contributed by atoms with Crippen molar-refractivity contribution in [3.05, 3.63) is 47.5 Å². The van der Waals surface area contributed by atoms with Crippen molar-refractivity contribution in [2.75, 3.05) is 28.4 Å². The second-order valence-corrected chi connectivity index (χ2v) is 4.44.